The van der Waals surface area contributed by atoms with Crippen LogP contribution in [-0.2, 0) is 21.4 Å². The molecule has 4 nitrogen and oxygen atoms in total. The van der Waals surface area contributed by atoms with Gasteiger partial charge in [0.15, 0.2) is 0 Å². The van der Waals surface area contributed by atoms with Gasteiger partial charge in [0.2, 0.25) is 11.8 Å². The molecule has 2 N–H and O–H groups in total. The van der Waals surface area contributed by atoms with Gasteiger partial charge in [-0.2, -0.15) is 0 Å². The summed E-state index contributed by atoms with van der Waals surface area (Å²) in [5.74, 6) is -0.924. The number of amides is 2. The Morgan fingerprint density at radius 1 is 0.962 bits per heavy atom. The number of hydrazine groups is 1. The van der Waals surface area contributed by atoms with Crippen LogP contribution in [-0.4, -0.2) is 11.8 Å². The van der Waals surface area contributed by atoms with Crippen LogP contribution in [0.2, 0.25) is 5.02 Å². The molecule has 0 aromatic heterocycles. The normalized spacial score (nSPS) is 15.5. The van der Waals surface area contributed by atoms with Crippen molar-refractivity contribution in [2.75, 3.05) is 0 Å². The molecule has 6 heteroatoms. The second-order valence-corrected chi connectivity index (χ2v) is 7.04. The molecule has 0 unspecified atom stereocenters. The Labute approximate surface area is 156 Å². The molecule has 0 bridgehead atoms. The van der Waals surface area contributed by atoms with Crippen molar-refractivity contribution in [2.24, 2.45) is 0 Å². The van der Waals surface area contributed by atoms with Crippen LogP contribution in [0.3, 0.4) is 0 Å². The molecular weight excluding hydrogens is 355 g/mol. The number of carbonyl (C=O) groups excluding carboxylic acids is 2. The maximum absolute atomic E-state index is 12.9. The van der Waals surface area contributed by atoms with E-state index in [-0.39, 0.29) is 24.1 Å². The molecule has 0 spiro atoms. The van der Waals surface area contributed by atoms with E-state index < -0.39 is 5.41 Å². The first-order valence-corrected chi connectivity index (χ1v) is 8.97. The Hall–Kier alpha value is -2.40. The first kappa shape index (κ1) is 18.4. The molecule has 0 aliphatic heterocycles. The number of nitrogens with one attached hydrogen (secondary N) is 2. The standard InChI is InChI=1S/C20H20ClFN2O2/c21-16-7-5-15(6-8-16)20(11-1-2-12-20)19(26)24-23-18(25)13-14-3-9-17(22)10-4-14/h3-10H,1-2,11-13H2,(H,23,25)(H,24,26). The van der Waals surface area contributed by atoms with Crippen LogP contribution in [0.15, 0.2) is 48.5 Å². The number of halogens is 2. The minimum atomic E-state index is -0.645. The van der Waals surface area contributed by atoms with Crippen molar-refractivity contribution in [3.63, 3.8) is 0 Å². The molecule has 1 fully saturated rings. The van der Waals surface area contributed by atoms with Gasteiger partial charge in [0.25, 0.3) is 0 Å². The third-order valence-corrected chi connectivity index (χ3v) is 5.13. The van der Waals surface area contributed by atoms with Crippen molar-refractivity contribution in [3.8, 4) is 0 Å². The van der Waals surface area contributed by atoms with E-state index in [1.165, 1.54) is 12.1 Å². The third kappa shape index (κ3) is 4.05. The monoisotopic (exact) mass is 374 g/mol. The zero-order chi connectivity index (χ0) is 18.6. The van der Waals surface area contributed by atoms with E-state index in [9.17, 15) is 14.0 Å². The highest BCUT2D eigenvalue weighted by molar-refractivity contribution is 6.30. The largest absolute Gasteiger partial charge is 0.273 e. The van der Waals surface area contributed by atoms with Crippen molar-refractivity contribution in [1.82, 2.24) is 10.9 Å². The van der Waals surface area contributed by atoms with Gasteiger partial charge in [-0.1, -0.05) is 48.7 Å². The summed E-state index contributed by atoms with van der Waals surface area (Å²) >= 11 is 5.95. The summed E-state index contributed by atoms with van der Waals surface area (Å²) in [6, 6.07) is 13.0. The number of hydrogen-bond acceptors (Lipinski definition) is 2. The quantitative estimate of drug-likeness (QED) is 0.802. The molecule has 3 rings (SSSR count). The Bertz CT molecular complexity index is 784. The van der Waals surface area contributed by atoms with E-state index in [1.807, 2.05) is 12.1 Å². The summed E-state index contributed by atoms with van der Waals surface area (Å²) in [6.45, 7) is 0. The molecule has 2 aromatic carbocycles. The van der Waals surface area contributed by atoms with Gasteiger partial charge in [0, 0.05) is 5.02 Å². The maximum atomic E-state index is 12.9. The molecule has 1 saturated carbocycles. The van der Waals surface area contributed by atoms with Crippen LogP contribution >= 0.6 is 11.6 Å². The van der Waals surface area contributed by atoms with Crippen molar-refractivity contribution >= 4 is 23.4 Å². The fourth-order valence-corrected chi connectivity index (χ4v) is 3.60. The number of rotatable bonds is 4. The molecule has 0 heterocycles. The van der Waals surface area contributed by atoms with Gasteiger partial charge in [-0.25, -0.2) is 4.39 Å². The lowest BCUT2D eigenvalue weighted by Crippen LogP contribution is -2.50. The first-order valence-electron chi connectivity index (χ1n) is 8.59. The SMILES string of the molecule is O=C(Cc1ccc(F)cc1)NNC(=O)C1(c2ccc(Cl)cc2)CCCC1. The van der Waals surface area contributed by atoms with Crippen molar-refractivity contribution in [3.05, 3.63) is 70.5 Å². The summed E-state index contributed by atoms with van der Waals surface area (Å²) in [7, 11) is 0. The molecule has 2 aromatic rings. The maximum Gasteiger partial charge on any atom is 0.249 e. The van der Waals surface area contributed by atoms with Crippen molar-refractivity contribution in [2.45, 2.75) is 37.5 Å². The van der Waals surface area contributed by atoms with Crippen LogP contribution in [0.25, 0.3) is 0 Å². The Kier molecular flexibility index (Phi) is 5.57. The Balaban J connectivity index is 1.64. The van der Waals surface area contributed by atoms with Gasteiger partial charge >= 0.3 is 0 Å². The summed E-state index contributed by atoms with van der Waals surface area (Å²) in [5, 5.41) is 0.620. The highest BCUT2D eigenvalue weighted by Gasteiger charge is 2.42. The first-order chi connectivity index (χ1) is 12.5. The molecule has 1 aliphatic carbocycles. The van der Waals surface area contributed by atoms with E-state index in [0.717, 1.165) is 31.2 Å². The van der Waals surface area contributed by atoms with E-state index >= 15 is 0 Å². The third-order valence-electron chi connectivity index (χ3n) is 4.88. The lowest BCUT2D eigenvalue weighted by molar-refractivity contribution is -0.132. The molecule has 26 heavy (non-hydrogen) atoms. The number of hydrogen-bond donors (Lipinski definition) is 2. The van der Waals surface area contributed by atoms with Gasteiger partial charge in [0.1, 0.15) is 5.82 Å². The van der Waals surface area contributed by atoms with E-state index in [2.05, 4.69) is 10.9 Å². The molecule has 136 valence electrons. The average molecular weight is 375 g/mol. The fourth-order valence-electron chi connectivity index (χ4n) is 3.47. The van der Waals surface area contributed by atoms with Gasteiger partial charge in [-0.05, 0) is 48.2 Å². The second kappa shape index (κ2) is 7.87. The number of benzene rings is 2. The smallest absolute Gasteiger partial charge is 0.249 e. The van der Waals surface area contributed by atoms with Crippen molar-refractivity contribution in [1.29, 1.82) is 0 Å². The predicted octanol–water partition coefficient (Wildman–Crippen LogP) is 3.68. The van der Waals surface area contributed by atoms with E-state index in [1.54, 1.807) is 24.3 Å². The summed E-state index contributed by atoms with van der Waals surface area (Å²) in [4.78, 5) is 24.9. The molecule has 0 atom stereocenters. The van der Waals surface area contributed by atoms with Gasteiger partial charge in [-0.3, -0.25) is 20.4 Å². The second-order valence-electron chi connectivity index (χ2n) is 6.60. The Morgan fingerprint density at radius 3 is 2.19 bits per heavy atom. The van der Waals surface area contributed by atoms with Gasteiger partial charge in [0.05, 0.1) is 11.8 Å². The van der Waals surface area contributed by atoms with Crippen molar-refractivity contribution < 1.29 is 14.0 Å². The molecule has 0 saturated heterocycles. The zero-order valence-corrected chi connectivity index (χ0v) is 15.0. The summed E-state index contributed by atoms with van der Waals surface area (Å²) in [6.07, 6.45) is 3.44. The molecule has 1 aliphatic rings. The number of carbonyl (C=O) groups is 2. The lowest BCUT2D eigenvalue weighted by atomic mass is 9.78. The highest BCUT2D eigenvalue weighted by Crippen LogP contribution is 2.41. The van der Waals surface area contributed by atoms with E-state index in [0.29, 0.717) is 10.6 Å². The predicted molar refractivity (Wildman–Crippen MR) is 98.0 cm³/mol. The minimum absolute atomic E-state index is 0.0640. The molecule has 2 amide bonds. The molecular formula is C20H20ClFN2O2. The molecule has 0 radical (unpaired) electrons. The Morgan fingerprint density at radius 2 is 1.58 bits per heavy atom. The summed E-state index contributed by atoms with van der Waals surface area (Å²) in [5.41, 5.74) is 5.97. The van der Waals surface area contributed by atoms with Crippen LogP contribution in [0.1, 0.15) is 36.8 Å². The van der Waals surface area contributed by atoms with Crippen LogP contribution in [0.5, 0.6) is 0 Å². The van der Waals surface area contributed by atoms with E-state index in [4.69, 9.17) is 11.6 Å². The lowest BCUT2D eigenvalue weighted by Gasteiger charge is -2.28. The highest BCUT2D eigenvalue weighted by atomic mass is 35.5. The zero-order valence-electron chi connectivity index (χ0n) is 14.2. The van der Waals surface area contributed by atoms with Crippen LogP contribution < -0.4 is 10.9 Å². The summed E-state index contributed by atoms with van der Waals surface area (Å²) < 4.78 is 12.9. The minimum Gasteiger partial charge on any atom is -0.273 e. The van der Waals surface area contributed by atoms with Gasteiger partial charge < -0.3 is 0 Å². The fraction of sp³-hybridized carbons (Fsp3) is 0.300. The van der Waals surface area contributed by atoms with Crippen LogP contribution in [0.4, 0.5) is 4.39 Å². The van der Waals surface area contributed by atoms with Crippen LogP contribution in [0, 0.1) is 5.82 Å². The average Bonchev–Trinajstić information content (AvgIpc) is 3.13. The topological polar surface area (TPSA) is 58.2 Å². The van der Waals surface area contributed by atoms with Gasteiger partial charge in [-0.15, -0.1) is 0 Å².